The van der Waals surface area contributed by atoms with Gasteiger partial charge >= 0.3 is 0 Å². The molecule has 1 fully saturated rings. The second-order valence-corrected chi connectivity index (χ2v) is 10.6. The topological polar surface area (TPSA) is 40.2 Å². The molecule has 0 amide bonds. The summed E-state index contributed by atoms with van der Waals surface area (Å²) in [5, 5.41) is 0.921. The molecule has 2 aromatic rings. The van der Waals surface area contributed by atoms with Crippen molar-refractivity contribution < 1.29 is 23.3 Å². The molecule has 0 aromatic heterocycles. The number of rotatable bonds is 11. The quantitative estimate of drug-likeness (QED) is 0.318. The third kappa shape index (κ3) is 6.38. The molecule has 0 saturated carbocycles. The van der Waals surface area contributed by atoms with Gasteiger partial charge in [0.25, 0.3) is 0 Å². The first kappa shape index (κ1) is 25.7. The summed E-state index contributed by atoms with van der Waals surface area (Å²) >= 11 is 0. The molecule has 1 aliphatic rings. The van der Waals surface area contributed by atoms with Crippen LogP contribution in [0.15, 0.2) is 30.3 Å². The van der Waals surface area contributed by atoms with E-state index in [1.54, 1.807) is 33.5 Å². The van der Waals surface area contributed by atoms with Crippen LogP contribution in [0, 0.1) is 5.82 Å². The van der Waals surface area contributed by atoms with Gasteiger partial charge in [0.1, 0.15) is 11.6 Å². The minimum absolute atomic E-state index is 0.120. The first-order chi connectivity index (χ1) is 15.9. The van der Waals surface area contributed by atoms with Crippen molar-refractivity contribution in [2.24, 2.45) is 0 Å². The SMILES string of the molecule is CCC(C)(Pc1ccc(F)cc1CN1CCCCC1)c1cc(OC)cc(OC)c1OCOC. The summed E-state index contributed by atoms with van der Waals surface area (Å²) in [4.78, 5) is 2.44. The summed E-state index contributed by atoms with van der Waals surface area (Å²) in [6.45, 7) is 7.46. The minimum atomic E-state index is -0.265. The number of nitrogens with zero attached hydrogens (tertiary/aromatic N) is 1. The number of benzene rings is 2. The molecule has 33 heavy (non-hydrogen) atoms. The molecule has 0 radical (unpaired) electrons. The van der Waals surface area contributed by atoms with Gasteiger partial charge in [-0.3, -0.25) is 4.90 Å². The highest BCUT2D eigenvalue weighted by atomic mass is 31.1. The molecule has 1 saturated heterocycles. The van der Waals surface area contributed by atoms with Crippen molar-refractivity contribution in [3.8, 4) is 17.2 Å². The maximum absolute atomic E-state index is 14.3. The van der Waals surface area contributed by atoms with E-state index in [0.29, 0.717) is 25.8 Å². The lowest BCUT2D eigenvalue weighted by Gasteiger charge is -2.33. The second-order valence-electron chi connectivity index (χ2n) is 8.71. The summed E-state index contributed by atoms with van der Waals surface area (Å²) in [5.74, 6) is 1.81. The molecule has 1 aliphatic heterocycles. The Morgan fingerprint density at radius 2 is 1.79 bits per heavy atom. The Kier molecular flexibility index (Phi) is 9.37. The van der Waals surface area contributed by atoms with Crippen LogP contribution >= 0.6 is 8.58 Å². The van der Waals surface area contributed by atoms with Gasteiger partial charge in [-0.25, -0.2) is 4.39 Å². The number of likely N-dealkylation sites (tertiary alicyclic amines) is 1. The Balaban J connectivity index is 2.01. The van der Waals surface area contributed by atoms with Gasteiger partial charge in [0.05, 0.1) is 14.2 Å². The van der Waals surface area contributed by atoms with E-state index in [1.807, 2.05) is 18.2 Å². The maximum Gasteiger partial charge on any atom is 0.188 e. The zero-order valence-corrected chi connectivity index (χ0v) is 21.5. The van der Waals surface area contributed by atoms with Gasteiger partial charge < -0.3 is 18.9 Å². The number of halogens is 1. The molecular formula is C26H37FNO4P. The fourth-order valence-electron chi connectivity index (χ4n) is 4.34. The second kappa shape index (κ2) is 12.0. The number of ether oxygens (including phenoxy) is 4. The Morgan fingerprint density at radius 3 is 2.42 bits per heavy atom. The van der Waals surface area contributed by atoms with Crippen molar-refractivity contribution >= 4 is 13.9 Å². The predicted octanol–water partition coefficient (Wildman–Crippen LogP) is 5.44. The first-order valence-corrected chi connectivity index (χ1v) is 12.6. The van der Waals surface area contributed by atoms with Gasteiger partial charge in [-0.1, -0.05) is 34.9 Å². The van der Waals surface area contributed by atoms with Gasteiger partial charge in [-0.05, 0) is 61.4 Å². The van der Waals surface area contributed by atoms with E-state index in [9.17, 15) is 4.39 Å². The molecule has 2 atom stereocenters. The van der Waals surface area contributed by atoms with Crippen LogP contribution in [0.4, 0.5) is 4.39 Å². The summed E-state index contributed by atoms with van der Waals surface area (Å²) in [6, 6.07) is 9.09. The fraction of sp³-hybridized carbons (Fsp3) is 0.538. The van der Waals surface area contributed by atoms with Gasteiger partial charge in [-0.2, -0.15) is 0 Å². The average Bonchev–Trinajstić information content (AvgIpc) is 2.84. The summed E-state index contributed by atoms with van der Waals surface area (Å²) < 4.78 is 36.6. The van der Waals surface area contributed by atoms with Crippen molar-refractivity contribution in [1.82, 2.24) is 4.90 Å². The van der Waals surface area contributed by atoms with E-state index in [4.69, 9.17) is 18.9 Å². The summed E-state index contributed by atoms with van der Waals surface area (Å²) in [5.41, 5.74) is 2.08. The molecule has 2 unspecified atom stereocenters. The number of methoxy groups -OCH3 is 3. The minimum Gasteiger partial charge on any atom is -0.497 e. The standard InChI is InChI=1S/C26H37FNO4P/c1-6-26(2,22-15-21(30-4)16-23(31-5)25(22)32-18-29-3)33-24-11-10-20(27)14-19(24)17-28-12-8-7-9-13-28/h10-11,14-16,33H,6-9,12-13,17-18H2,1-5H3. The highest BCUT2D eigenvalue weighted by Crippen LogP contribution is 2.51. The molecule has 1 heterocycles. The van der Waals surface area contributed by atoms with Gasteiger partial charge in [0.2, 0.25) is 0 Å². The van der Waals surface area contributed by atoms with Crippen molar-refractivity contribution in [3.05, 3.63) is 47.3 Å². The van der Waals surface area contributed by atoms with E-state index < -0.39 is 0 Å². The highest BCUT2D eigenvalue weighted by molar-refractivity contribution is 7.48. The van der Waals surface area contributed by atoms with Crippen LogP contribution in [-0.4, -0.2) is 46.1 Å². The van der Waals surface area contributed by atoms with Crippen LogP contribution in [0.25, 0.3) is 0 Å². The number of piperidine rings is 1. The molecule has 182 valence electrons. The molecule has 0 aliphatic carbocycles. The number of hydrogen-bond acceptors (Lipinski definition) is 5. The zero-order valence-electron chi connectivity index (χ0n) is 20.5. The van der Waals surface area contributed by atoms with Crippen molar-refractivity contribution in [2.45, 2.75) is 51.2 Å². The van der Waals surface area contributed by atoms with Crippen molar-refractivity contribution in [3.63, 3.8) is 0 Å². The highest BCUT2D eigenvalue weighted by Gasteiger charge is 2.32. The molecule has 2 aromatic carbocycles. The lowest BCUT2D eigenvalue weighted by atomic mass is 9.95. The monoisotopic (exact) mass is 477 g/mol. The fourth-order valence-corrected chi connectivity index (χ4v) is 5.91. The lowest BCUT2D eigenvalue weighted by molar-refractivity contribution is 0.0479. The molecule has 7 heteroatoms. The molecule has 3 rings (SSSR count). The van der Waals surface area contributed by atoms with Crippen molar-refractivity contribution in [1.29, 1.82) is 0 Å². The van der Waals surface area contributed by atoms with E-state index in [0.717, 1.165) is 37.2 Å². The van der Waals surface area contributed by atoms with Crippen LogP contribution in [-0.2, 0) is 16.4 Å². The van der Waals surface area contributed by atoms with Crippen molar-refractivity contribution in [2.75, 3.05) is 41.2 Å². The molecular weight excluding hydrogens is 440 g/mol. The average molecular weight is 478 g/mol. The molecule has 5 nitrogen and oxygen atoms in total. The van der Waals surface area contributed by atoms with Crippen LogP contribution in [0.5, 0.6) is 17.2 Å². The third-order valence-corrected chi connectivity index (χ3v) is 8.36. The van der Waals surface area contributed by atoms with Crippen LogP contribution in [0.2, 0.25) is 0 Å². The van der Waals surface area contributed by atoms with E-state index >= 15 is 0 Å². The van der Waals surface area contributed by atoms with E-state index in [2.05, 4.69) is 18.7 Å². The van der Waals surface area contributed by atoms with Gasteiger partial charge in [-0.15, -0.1) is 0 Å². The molecule has 0 bridgehead atoms. The normalized spacial score (nSPS) is 16.7. The Morgan fingerprint density at radius 1 is 1.03 bits per heavy atom. The Labute approximate surface area is 199 Å². The number of hydrogen-bond donors (Lipinski definition) is 0. The third-order valence-electron chi connectivity index (χ3n) is 6.43. The summed E-state index contributed by atoms with van der Waals surface area (Å²) in [7, 11) is 5.29. The van der Waals surface area contributed by atoms with Crippen LogP contribution < -0.4 is 19.5 Å². The zero-order chi connectivity index (χ0) is 23.8. The predicted molar refractivity (Wildman–Crippen MR) is 133 cm³/mol. The van der Waals surface area contributed by atoms with Crippen LogP contribution in [0.3, 0.4) is 0 Å². The summed E-state index contributed by atoms with van der Waals surface area (Å²) in [6.07, 6.45) is 4.57. The van der Waals surface area contributed by atoms with E-state index in [-0.39, 0.29) is 17.8 Å². The molecule has 0 spiro atoms. The smallest absolute Gasteiger partial charge is 0.188 e. The molecule has 0 N–H and O–H groups in total. The van der Waals surface area contributed by atoms with Gasteiger partial charge in [0.15, 0.2) is 18.3 Å². The van der Waals surface area contributed by atoms with E-state index in [1.165, 1.54) is 24.6 Å². The largest absolute Gasteiger partial charge is 0.497 e. The van der Waals surface area contributed by atoms with Crippen LogP contribution in [0.1, 0.15) is 50.7 Å². The Bertz CT molecular complexity index is 919. The first-order valence-electron chi connectivity index (χ1n) is 11.6. The Hall–Kier alpha value is -1.88. The lowest BCUT2D eigenvalue weighted by Crippen LogP contribution is -2.31. The maximum atomic E-state index is 14.3. The van der Waals surface area contributed by atoms with Gasteiger partial charge in [0, 0.05) is 30.4 Å².